The summed E-state index contributed by atoms with van der Waals surface area (Å²) in [6, 6.07) is 11.6. The van der Waals surface area contributed by atoms with Crippen molar-refractivity contribution in [2.75, 3.05) is 13.2 Å². The van der Waals surface area contributed by atoms with E-state index in [-0.39, 0.29) is 13.2 Å². The minimum absolute atomic E-state index is 0.268. The van der Waals surface area contributed by atoms with Crippen LogP contribution in [0.2, 0.25) is 18.6 Å². The molecule has 0 N–H and O–H groups in total. The van der Waals surface area contributed by atoms with E-state index in [9.17, 15) is 9.59 Å². The van der Waals surface area contributed by atoms with E-state index in [1.54, 1.807) is 13.8 Å². The highest BCUT2D eigenvalue weighted by molar-refractivity contribution is 6.91. The minimum atomic E-state index is -1.95. The molecule has 0 fully saturated rings. The van der Waals surface area contributed by atoms with Gasteiger partial charge in [-0.25, -0.2) is 0 Å². The van der Waals surface area contributed by atoms with Crippen LogP contribution in [0, 0.1) is 5.92 Å². The lowest BCUT2D eigenvalue weighted by Gasteiger charge is -2.29. The fourth-order valence-electron chi connectivity index (χ4n) is 2.51. The number of ether oxygens (including phenoxy) is 2. The Balaban J connectivity index is 3.04. The van der Waals surface area contributed by atoms with Crippen molar-refractivity contribution in [2.45, 2.75) is 39.4 Å². The Morgan fingerprint density at radius 2 is 1.50 bits per heavy atom. The van der Waals surface area contributed by atoms with Gasteiger partial charge in [0.25, 0.3) is 0 Å². The quantitative estimate of drug-likeness (QED) is 0.419. The fourth-order valence-corrected chi connectivity index (χ4v) is 5.67. The molecule has 122 valence electrons. The van der Waals surface area contributed by atoms with E-state index < -0.39 is 25.9 Å². The van der Waals surface area contributed by atoms with E-state index >= 15 is 0 Å². The average molecular weight is 322 g/mol. The Morgan fingerprint density at radius 3 is 1.91 bits per heavy atom. The highest BCUT2D eigenvalue weighted by atomic mass is 28.3. The van der Waals surface area contributed by atoms with E-state index in [1.807, 2.05) is 18.2 Å². The van der Waals surface area contributed by atoms with E-state index in [0.29, 0.717) is 6.04 Å². The molecule has 0 bridgehead atoms. The largest absolute Gasteiger partial charge is 0.465 e. The molecule has 0 aromatic heterocycles. The Labute approximate surface area is 133 Å². The Bertz CT molecular complexity index is 471. The van der Waals surface area contributed by atoms with E-state index in [0.717, 1.165) is 6.04 Å². The molecule has 4 nitrogen and oxygen atoms in total. The number of rotatable bonds is 8. The van der Waals surface area contributed by atoms with E-state index in [2.05, 4.69) is 25.6 Å². The summed E-state index contributed by atoms with van der Waals surface area (Å²) in [7, 11) is -1.95. The van der Waals surface area contributed by atoms with Crippen molar-refractivity contribution < 1.29 is 19.1 Å². The minimum Gasteiger partial charge on any atom is -0.465 e. The SMILES string of the molecule is CCOC(=O)C(C[Si](C)(CC)c1ccccc1)C(=O)OCC. The van der Waals surface area contributed by atoms with Gasteiger partial charge < -0.3 is 9.47 Å². The van der Waals surface area contributed by atoms with Crippen LogP contribution >= 0.6 is 0 Å². The van der Waals surface area contributed by atoms with Gasteiger partial charge in [-0.15, -0.1) is 0 Å². The second-order valence-electron chi connectivity index (χ2n) is 5.54. The van der Waals surface area contributed by atoms with Gasteiger partial charge in [0, 0.05) is 0 Å². The van der Waals surface area contributed by atoms with Crippen LogP contribution in [0.4, 0.5) is 0 Å². The molecule has 5 heteroatoms. The smallest absolute Gasteiger partial charge is 0.320 e. The highest BCUT2D eigenvalue weighted by Gasteiger charge is 2.39. The van der Waals surface area contributed by atoms with Crippen LogP contribution < -0.4 is 5.19 Å². The monoisotopic (exact) mass is 322 g/mol. The predicted molar refractivity (Wildman–Crippen MR) is 89.7 cm³/mol. The number of benzene rings is 1. The first kappa shape index (κ1) is 18.4. The Morgan fingerprint density at radius 1 is 1.00 bits per heavy atom. The summed E-state index contributed by atoms with van der Waals surface area (Å²) in [6.45, 7) is 8.34. The van der Waals surface area contributed by atoms with Crippen molar-refractivity contribution >= 4 is 25.2 Å². The summed E-state index contributed by atoms with van der Waals surface area (Å²) < 4.78 is 10.2. The van der Waals surface area contributed by atoms with Crippen LogP contribution in [-0.4, -0.2) is 33.2 Å². The molecule has 22 heavy (non-hydrogen) atoms. The third-order valence-corrected chi connectivity index (χ3v) is 8.65. The molecule has 0 aliphatic rings. The highest BCUT2D eigenvalue weighted by Crippen LogP contribution is 2.23. The summed E-state index contributed by atoms with van der Waals surface area (Å²) >= 11 is 0. The lowest BCUT2D eigenvalue weighted by molar-refractivity contribution is -0.160. The number of carbonyl (C=O) groups is 2. The first-order valence-electron chi connectivity index (χ1n) is 7.87. The normalized spacial score (nSPS) is 13.5. The summed E-state index contributed by atoms with van der Waals surface area (Å²) in [5, 5.41) is 1.25. The van der Waals surface area contributed by atoms with Crippen LogP contribution in [0.1, 0.15) is 20.8 Å². The molecule has 0 amide bonds. The summed E-state index contributed by atoms with van der Waals surface area (Å²) in [5.74, 6) is -1.76. The van der Waals surface area contributed by atoms with Gasteiger partial charge in [0.05, 0.1) is 21.3 Å². The number of carbonyl (C=O) groups excluding carboxylic acids is 2. The van der Waals surface area contributed by atoms with Crippen molar-refractivity contribution in [2.24, 2.45) is 5.92 Å². The van der Waals surface area contributed by atoms with Crippen molar-refractivity contribution in [1.29, 1.82) is 0 Å². The first-order valence-corrected chi connectivity index (χ1v) is 10.8. The Hall–Kier alpha value is -1.62. The lowest BCUT2D eigenvalue weighted by Crippen LogP contribution is -2.48. The summed E-state index contributed by atoms with van der Waals surface area (Å²) in [4.78, 5) is 24.4. The molecule has 0 spiro atoms. The molecule has 0 saturated carbocycles. The van der Waals surface area contributed by atoms with Crippen LogP contribution in [0.15, 0.2) is 30.3 Å². The molecule has 1 rings (SSSR count). The van der Waals surface area contributed by atoms with Gasteiger partial charge in [0.1, 0.15) is 0 Å². The van der Waals surface area contributed by atoms with E-state index in [4.69, 9.17) is 9.47 Å². The topological polar surface area (TPSA) is 52.6 Å². The molecule has 1 unspecified atom stereocenters. The molecule has 0 saturated heterocycles. The first-order chi connectivity index (χ1) is 10.5. The maximum absolute atomic E-state index is 12.2. The van der Waals surface area contributed by atoms with Crippen molar-refractivity contribution in [3.8, 4) is 0 Å². The number of hydrogen-bond donors (Lipinski definition) is 0. The predicted octanol–water partition coefficient (Wildman–Crippen LogP) is 2.73. The molecule has 1 aromatic rings. The molecular formula is C17H26O4Si. The molecule has 0 aliphatic carbocycles. The molecule has 0 radical (unpaired) electrons. The molecular weight excluding hydrogens is 296 g/mol. The van der Waals surface area contributed by atoms with Gasteiger partial charge in [-0.3, -0.25) is 9.59 Å². The van der Waals surface area contributed by atoms with Crippen LogP contribution in [0.5, 0.6) is 0 Å². The van der Waals surface area contributed by atoms with Gasteiger partial charge in [0.2, 0.25) is 0 Å². The van der Waals surface area contributed by atoms with Gasteiger partial charge >= 0.3 is 11.9 Å². The zero-order valence-electron chi connectivity index (χ0n) is 13.9. The van der Waals surface area contributed by atoms with Crippen LogP contribution in [-0.2, 0) is 19.1 Å². The van der Waals surface area contributed by atoms with Crippen molar-refractivity contribution in [3.63, 3.8) is 0 Å². The zero-order chi connectivity index (χ0) is 16.6. The van der Waals surface area contributed by atoms with Gasteiger partial charge in [-0.1, -0.05) is 55.0 Å². The fraction of sp³-hybridized carbons (Fsp3) is 0.529. The second kappa shape index (κ2) is 8.73. The van der Waals surface area contributed by atoms with Crippen LogP contribution in [0.3, 0.4) is 0 Å². The standard InChI is InChI=1S/C17H26O4Si/c1-5-20-16(18)15(17(19)21-6-2)13-22(4,7-3)14-11-9-8-10-12-14/h8-12,15H,5-7,13H2,1-4H3. The molecule has 0 heterocycles. The average Bonchev–Trinajstić information content (AvgIpc) is 2.53. The van der Waals surface area contributed by atoms with Crippen molar-refractivity contribution in [1.82, 2.24) is 0 Å². The lowest BCUT2D eigenvalue weighted by atomic mass is 10.2. The molecule has 1 atom stereocenters. The zero-order valence-corrected chi connectivity index (χ0v) is 14.9. The summed E-state index contributed by atoms with van der Waals surface area (Å²) in [5.41, 5.74) is 0. The van der Waals surface area contributed by atoms with Crippen LogP contribution in [0.25, 0.3) is 0 Å². The number of hydrogen-bond acceptors (Lipinski definition) is 4. The van der Waals surface area contributed by atoms with E-state index in [1.165, 1.54) is 5.19 Å². The van der Waals surface area contributed by atoms with Gasteiger partial charge in [0.15, 0.2) is 5.92 Å². The third-order valence-electron chi connectivity index (χ3n) is 4.05. The van der Waals surface area contributed by atoms with Gasteiger partial charge in [-0.2, -0.15) is 0 Å². The molecule has 0 aliphatic heterocycles. The molecule has 1 aromatic carbocycles. The van der Waals surface area contributed by atoms with Crippen molar-refractivity contribution in [3.05, 3.63) is 30.3 Å². The van der Waals surface area contributed by atoms with Gasteiger partial charge in [-0.05, 0) is 19.9 Å². The summed E-state index contributed by atoms with van der Waals surface area (Å²) in [6.07, 6.45) is 0. The maximum atomic E-state index is 12.2. The number of esters is 2. The maximum Gasteiger partial charge on any atom is 0.320 e. The second-order valence-corrected chi connectivity index (χ2v) is 10.4. The Kier molecular flexibility index (Phi) is 7.31. The third kappa shape index (κ3) is 4.70.